The molecule has 0 heterocycles. The molecule has 3 rings (SSSR count). The van der Waals surface area contributed by atoms with Crippen LogP contribution in [0.4, 0.5) is 11.4 Å². The number of anilines is 1. The number of carbonyl (C=O) groups excluding carboxylic acids is 2. The number of nitro benzene ring substituents is 1. The van der Waals surface area contributed by atoms with Gasteiger partial charge in [-0.1, -0.05) is 41.9 Å². The number of amides is 1. The molecular formula is C20H15ClN2O5. The molecule has 0 aromatic heterocycles. The number of esters is 1. The normalized spacial score (nSPS) is 11.6. The Morgan fingerprint density at radius 3 is 2.50 bits per heavy atom. The lowest BCUT2D eigenvalue weighted by Crippen LogP contribution is -2.30. The van der Waals surface area contributed by atoms with Gasteiger partial charge in [-0.2, -0.15) is 0 Å². The Labute approximate surface area is 165 Å². The van der Waals surface area contributed by atoms with Crippen LogP contribution in [0, 0.1) is 10.1 Å². The first-order chi connectivity index (χ1) is 13.3. The van der Waals surface area contributed by atoms with Crippen molar-refractivity contribution in [3.63, 3.8) is 0 Å². The van der Waals surface area contributed by atoms with Crippen LogP contribution in [0.3, 0.4) is 0 Å². The number of hydrogen-bond acceptors (Lipinski definition) is 5. The van der Waals surface area contributed by atoms with E-state index in [-0.39, 0.29) is 16.3 Å². The Morgan fingerprint density at radius 1 is 1.07 bits per heavy atom. The number of fused-ring (bicyclic) bond motifs is 1. The van der Waals surface area contributed by atoms with Crippen molar-refractivity contribution in [3.8, 4) is 0 Å². The van der Waals surface area contributed by atoms with Gasteiger partial charge in [0, 0.05) is 17.8 Å². The zero-order valence-corrected chi connectivity index (χ0v) is 15.5. The highest BCUT2D eigenvalue weighted by molar-refractivity contribution is 6.33. The first kappa shape index (κ1) is 19.3. The predicted molar refractivity (Wildman–Crippen MR) is 106 cm³/mol. The van der Waals surface area contributed by atoms with E-state index in [9.17, 15) is 19.7 Å². The molecule has 1 N–H and O–H groups in total. The van der Waals surface area contributed by atoms with Crippen LogP contribution in [0.2, 0.25) is 5.02 Å². The molecule has 3 aromatic carbocycles. The van der Waals surface area contributed by atoms with E-state index in [1.807, 2.05) is 30.3 Å². The van der Waals surface area contributed by atoms with Gasteiger partial charge in [0.25, 0.3) is 11.6 Å². The smallest absolute Gasteiger partial charge is 0.340 e. The van der Waals surface area contributed by atoms with Gasteiger partial charge < -0.3 is 10.1 Å². The van der Waals surface area contributed by atoms with Crippen molar-refractivity contribution in [2.45, 2.75) is 13.0 Å². The summed E-state index contributed by atoms with van der Waals surface area (Å²) in [6.45, 7) is 1.40. The van der Waals surface area contributed by atoms with Crippen molar-refractivity contribution in [3.05, 3.63) is 81.4 Å². The molecule has 0 saturated carbocycles. The minimum absolute atomic E-state index is 0.00210. The topological polar surface area (TPSA) is 98.5 Å². The van der Waals surface area contributed by atoms with Crippen LogP contribution in [0.25, 0.3) is 10.8 Å². The third kappa shape index (κ3) is 4.27. The number of non-ortho nitro benzene ring substituents is 1. The Balaban J connectivity index is 1.70. The van der Waals surface area contributed by atoms with Gasteiger partial charge in [0.2, 0.25) is 0 Å². The summed E-state index contributed by atoms with van der Waals surface area (Å²) in [5.74, 6) is -1.46. The van der Waals surface area contributed by atoms with Gasteiger partial charge >= 0.3 is 5.97 Å². The monoisotopic (exact) mass is 398 g/mol. The quantitative estimate of drug-likeness (QED) is 0.385. The molecule has 28 heavy (non-hydrogen) atoms. The number of ether oxygens (including phenoxy) is 1. The molecule has 0 bridgehead atoms. The van der Waals surface area contributed by atoms with E-state index in [0.29, 0.717) is 5.69 Å². The van der Waals surface area contributed by atoms with E-state index in [2.05, 4.69) is 5.32 Å². The zero-order chi connectivity index (χ0) is 20.3. The maximum Gasteiger partial charge on any atom is 0.340 e. The highest BCUT2D eigenvalue weighted by Gasteiger charge is 2.22. The first-order valence-corrected chi connectivity index (χ1v) is 8.67. The van der Waals surface area contributed by atoms with Gasteiger partial charge in [-0.3, -0.25) is 14.9 Å². The molecule has 0 fully saturated rings. The molecule has 0 unspecified atom stereocenters. The number of hydrogen-bond donors (Lipinski definition) is 1. The summed E-state index contributed by atoms with van der Waals surface area (Å²) in [5.41, 5.74) is 0.0748. The first-order valence-electron chi connectivity index (χ1n) is 8.30. The van der Waals surface area contributed by atoms with Crippen LogP contribution in [0.1, 0.15) is 17.3 Å². The van der Waals surface area contributed by atoms with Gasteiger partial charge in [-0.05, 0) is 35.9 Å². The third-order valence-corrected chi connectivity index (χ3v) is 4.38. The standard InChI is InChI=1S/C20H15ClN2O5/c1-12(28-20(25)17-11-16(23(26)27)8-9-18(17)21)19(24)22-15-7-6-13-4-2-3-5-14(13)10-15/h2-12H,1H3,(H,22,24)/t12-/m1/s1. The predicted octanol–water partition coefficient (Wildman–Crippen LogP) is 4.59. The number of rotatable bonds is 5. The molecule has 0 aliphatic heterocycles. The second-order valence-electron chi connectivity index (χ2n) is 6.02. The summed E-state index contributed by atoms with van der Waals surface area (Å²) in [6, 6.07) is 16.5. The fourth-order valence-electron chi connectivity index (χ4n) is 2.57. The lowest BCUT2D eigenvalue weighted by Gasteiger charge is -2.14. The highest BCUT2D eigenvalue weighted by Crippen LogP contribution is 2.23. The molecular weight excluding hydrogens is 384 g/mol. The van der Waals surface area contributed by atoms with Gasteiger partial charge in [0.15, 0.2) is 6.10 Å². The van der Waals surface area contributed by atoms with Gasteiger partial charge in [0.1, 0.15) is 0 Å². The average Bonchev–Trinajstić information content (AvgIpc) is 2.67. The Kier molecular flexibility index (Phi) is 5.56. The molecule has 0 radical (unpaired) electrons. The van der Waals surface area contributed by atoms with E-state index in [0.717, 1.165) is 16.8 Å². The second kappa shape index (κ2) is 8.06. The fourth-order valence-corrected chi connectivity index (χ4v) is 2.77. The van der Waals surface area contributed by atoms with Crippen LogP contribution < -0.4 is 5.32 Å². The van der Waals surface area contributed by atoms with E-state index < -0.39 is 22.9 Å². The lowest BCUT2D eigenvalue weighted by molar-refractivity contribution is -0.384. The van der Waals surface area contributed by atoms with Crippen LogP contribution in [-0.4, -0.2) is 22.9 Å². The molecule has 7 nitrogen and oxygen atoms in total. The second-order valence-corrected chi connectivity index (χ2v) is 6.43. The van der Waals surface area contributed by atoms with Crippen LogP contribution in [-0.2, 0) is 9.53 Å². The van der Waals surface area contributed by atoms with Crippen LogP contribution >= 0.6 is 11.6 Å². The number of benzene rings is 3. The molecule has 142 valence electrons. The van der Waals surface area contributed by atoms with Crippen molar-refractivity contribution >= 4 is 45.6 Å². The van der Waals surface area contributed by atoms with Gasteiger partial charge in [0.05, 0.1) is 15.5 Å². The molecule has 3 aromatic rings. The summed E-state index contributed by atoms with van der Waals surface area (Å²) < 4.78 is 5.12. The molecule has 0 spiro atoms. The van der Waals surface area contributed by atoms with E-state index in [1.54, 1.807) is 12.1 Å². The number of carbonyl (C=O) groups is 2. The van der Waals surface area contributed by atoms with E-state index in [4.69, 9.17) is 16.3 Å². The van der Waals surface area contributed by atoms with Crippen molar-refractivity contribution in [2.75, 3.05) is 5.32 Å². The lowest BCUT2D eigenvalue weighted by atomic mass is 10.1. The van der Waals surface area contributed by atoms with Crippen molar-refractivity contribution in [2.24, 2.45) is 0 Å². The number of nitrogens with zero attached hydrogens (tertiary/aromatic N) is 1. The zero-order valence-electron chi connectivity index (χ0n) is 14.7. The largest absolute Gasteiger partial charge is 0.449 e. The SMILES string of the molecule is C[C@@H](OC(=O)c1cc([N+](=O)[O-])ccc1Cl)C(=O)Nc1ccc2ccccc2c1. The Bertz CT molecular complexity index is 1080. The van der Waals surface area contributed by atoms with Gasteiger partial charge in [-0.15, -0.1) is 0 Å². The van der Waals surface area contributed by atoms with Crippen LogP contribution in [0.15, 0.2) is 60.7 Å². The number of halogens is 1. The summed E-state index contributed by atoms with van der Waals surface area (Å²) in [7, 11) is 0. The average molecular weight is 399 g/mol. The van der Waals surface area contributed by atoms with Crippen molar-refractivity contribution < 1.29 is 19.2 Å². The van der Waals surface area contributed by atoms with Crippen LogP contribution in [0.5, 0.6) is 0 Å². The molecule has 0 aliphatic carbocycles. The summed E-state index contributed by atoms with van der Waals surface area (Å²) in [4.78, 5) is 34.8. The van der Waals surface area contributed by atoms with Gasteiger partial charge in [-0.25, -0.2) is 4.79 Å². The fraction of sp³-hybridized carbons (Fsp3) is 0.100. The Hall–Kier alpha value is -3.45. The van der Waals surface area contributed by atoms with Crippen molar-refractivity contribution in [1.29, 1.82) is 0 Å². The molecule has 1 atom stereocenters. The molecule has 1 amide bonds. The maximum atomic E-state index is 12.3. The summed E-state index contributed by atoms with van der Waals surface area (Å²) >= 11 is 5.92. The highest BCUT2D eigenvalue weighted by atomic mass is 35.5. The third-order valence-electron chi connectivity index (χ3n) is 4.05. The number of nitrogens with one attached hydrogen (secondary N) is 1. The molecule has 8 heteroatoms. The maximum absolute atomic E-state index is 12.3. The summed E-state index contributed by atoms with van der Waals surface area (Å²) in [5, 5.41) is 15.5. The van der Waals surface area contributed by atoms with E-state index in [1.165, 1.54) is 19.1 Å². The Morgan fingerprint density at radius 2 is 1.79 bits per heavy atom. The number of nitro groups is 1. The van der Waals surface area contributed by atoms with E-state index >= 15 is 0 Å². The minimum atomic E-state index is -1.13. The minimum Gasteiger partial charge on any atom is -0.449 e. The van der Waals surface area contributed by atoms with Crippen molar-refractivity contribution in [1.82, 2.24) is 0 Å². The molecule has 0 aliphatic rings. The molecule has 0 saturated heterocycles. The summed E-state index contributed by atoms with van der Waals surface area (Å²) in [6.07, 6.45) is -1.13.